The van der Waals surface area contributed by atoms with E-state index in [4.69, 9.17) is 14.2 Å². The number of unbranched alkanes of at least 4 members (excludes halogenated alkanes) is 33. The van der Waals surface area contributed by atoms with Gasteiger partial charge in [-0.15, -0.1) is 0 Å². The smallest absolute Gasteiger partial charge is 0.306 e. The maximum atomic E-state index is 12.9. The lowest BCUT2D eigenvalue weighted by molar-refractivity contribution is -0.166. The summed E-state index contributed by atoms with van der Waals surface area (Å²) in [5, 5.41) is 0. The standard InChI is InChI=1S/C75H128O6/c1-4-7-10-13-16-19-22-25-27-29-31-33-35-37-39-41-43-45-47-50-53-56-59-62-65-68-74(77)80-71-72(70-79-73(76)67-64-61-58-55-52-49-24-21-18-15-12-9-6-3)81-75(78)69-66-63-60-57-54-51-48-46-44-42-40-38-36-34-32-30-28-26-23-20-17-14-11-8-5-2/h7,9-10,12,16,18-19,21,25,27,30-33,49,52,58,61,72H,4-6,8,11,13-15,17,20,22-24,26,28-29,34-48,50-51,53-57,59-60,62-71H2,1-3H3/b10-7-,12-9-,19-16-,21-18-,27-25-,32-30-,33-31-,52-49-,61-58-. The summed E-state index contributed by atoms with van der Waals surface area (Å²) in [5.74, 6) is -0.976. The molecule has 0 aromatic heterocycles. The molecule has 1 atom stereocenters. The number of allylic oxidation sites excluding steroid dienone is 18. The maximum Gasteiger partial charge on any atom is 0.306 e. The minimum absolute atomic E-state index is 0.100. The minimum Gasteiger partial charge on any atom is -0.462 e. The summed E-state index contributed by atoms with van der Waals surface area (Å²) in [5.41, 5.74) is 0. The molecule has 0 aromatic rings. The van der Waals surface area contributed by atoms with Crippen molar-refractivity contribution in [2.24, 2.45) is 0 Å². The highest BCUT2D eigenvalue weighted by Gasteiger charge is 2.19. The predicted octanol–water partition coefficient (Wildman–Crippen LogP) is 23.8. The number of hydrogen-bond acceptors (Lipinski definition) is 6. The van der Waals surface area contributed by atoms with Gasteiger partial charge in [-0.05, 0) is 109 Å². The summed E-state index contributed by atoms with van der Waals surface area (Å²) in [6.45, 7) is 6.38. The fourth-order valence-electron chi connectivity index (χ4n) is 9.68. The fourth-order valence-corrected chi connectivity index (χ4v) is 9.68. The Morgan fingerprint density at radius 2 is 0.506 bits per heavy atom. The molecule has 0 radical (unpaired) electrons. The lowest BCUT2D eigenvalue weighted by Gasteiger charge is -2.18. The lowest BCUT2D eigenvalue weighted by atomic mass is 10.0. The first-order valence-electron chi connectivity index (χ1n) is 34.4. The first-order valence-corrected chi connectivity index (χ1v) is 34.4. The average Bonchev–Trinajstić information content (AvgIpc) is 3.46. The van der Waals surface area contributed by atoms with Gasteiger partial charge in [-0.1, -0.05) is 310 Å². The van der Waals surface area contributed by atoms with Gasteiger partial charge in [-0.3, -0.25) is 14.4 Å². The van der Waals surface area contributed by atoms with Crippen LogP contribution in [0.25, 0.3) is 0 Å². The maximum absolute atomic E-state index is 12.9. The van der Waals surface area contributed by atoms with Crippen LogP contribution in [0.3, 0.4) is 0 Å². The molecular weight excluding hydrogens is 997 g/mol. The van der Waals surface area contributed by atoms with Crippen LogP contribution in [0, 0.1) is 0 Å². The van der Waals surface area contributed by atoms with Gasteiger partial charge in [0.15, 0.2) is 6.10 Å². The third kappa shape index (κ3) is 66.8. The Morgan fingerprint density at radius 1 is 0.259 bits per heavy atom. The van der Waals surface area contributed by atoms with Crippen LogP contribution >= 0.6 is 0 Å². The van der Waals surface area contributed by atoms with Crippen LogP contribution in [-0.4, -0.2) is 37.2 Å². The molecule has 0 aliphatic rings. The highest BCUT2D eigenvalue weighted by molar-refractivity contribution is 5.71. The molecule has 0 fully saturated rings. The monoisotopic (exact) mass is 1120 g/mol. The molecule has 0 rings (SSSR count). The van der Waals surface area contributed by atoms with Crippen LogP contribution < -0.4 is 0 Å². The summed E-state index contributed by atoms with van der Waals surface area (Å²) in [7, 11) is 0. The molecule has 0 aliphatic carbocycles. The Labute approximate surface area is 501 Å². The topological polar surface area (TPSA) is 78.9 Å². The predicted molar refractivity (Wildman–Crippen MR) is 353 cm³/mol. The van der Waals surface area contributed by atoms with Crippen molar-refractivity contribution in [2.45, 2.75) is 335 Å². The van der Waals surface area contributed by atoms with E-state index in [2.05, 4.69) is 124 Å². The van der Waals surface area contributed by atoms with Gasteiger partial charge in [0, 0.05) is 19.3 Å². The number of carbonyl (C=O) groups is 3. The molecule has 1 unspecified atom stereocenters. The average molecular weight is 1130 g/mol. The van der Waals surface area contributed by atoms with E-state index in [1.807, 2.05) is 6.08 Å². The molecular formula is C75H128O6. The molecule has 6 nitrogen and oxygen atoms in total. The first-order chi connectivity index (χ1) is 40.0. The van der Waals surface area contributed by atoms with E-state index < -0.39 is 6.10 Å². The van der Waals surface area contributed by atoms with E-state index in [-0.39, 0.29) is 37.5 Å². The van der Waals surface area contributed by atoms with Crippen LogP contribution in [-0.2, 0) is 28.6 Å². The van der Waals surface area contributed by atoms with Gasteiger partial charge in [0.1, 0.15) is 13.2 Å². The van der Waals surface area contributed by atoms with Crippen molar-refractivity contribution in [3.8, 4) is 0 Å². The molecule has 81 heavy (non-hydrogen) atoms. The van der Waals surface area contributed by atoms with Crippen molar-refractivity contribution in [1.82, 2.24) is 0 Å². The van der Waals surface area contributed by atoms with Crippen LogP contribution in [0.15, 0.2) is 109 Å². The minimum atomic E-state index is -0.810. The Kier molecular flexibility index (Phi) is 65.2. The molecule has 0 heterocycles. The highest BCUT2D eigenvalue weighted by Crippen LogP contribution is 2.17. The van der Waals surface area contributed by atoms with Gasteiger partial charge in [-0.25, -0.2) is 0 Å². The molecule has 0 saturated carbocycles. The van der Waals surface area contributed by atoms with Crippen molar-refractivity contribution >= 4 is 17.9 Å². The normalized spacial score (nSPS) is 12.8. The SMILES string of the molecule is CC/C=C\C/C=C\C/C=C\C/C=C\CCCCCCCCCCCCCCC(=O)OCC(COC(=O)CC/C=C\C/C=C\C/C=C\C/C=C\CC)OC(=O)CCCCCCCCCCCCCCC/C=C\CCCCCCCCCC. The zero-order chi connectivity index (χ0) is 58.5. The summed E-state index contributed by atoms with van der Waals surface area (Å²) in [4.78, 5) is 38.3. The Hall–Kier alpha value is -3.93. The zero-order valence-corrected chi connectivity index (χ0v) is 53.3. The first kappa shape index (κ1) is 77.1. The van der Waals surface area contributed by atoms with Crippen LogP contribution in [0.5, 0.6) is 0 Å². The van der Waals surface area contributed by atoms with Gasteiger partial charge < -0.3 is 14.2 Å². The van der Waals surface area contributed by atoms with E-state index in [1.54, 1.807) is 0 Å². The number of carbonyl (C=O) groups excluding carboxylic acids is 3. The van der Waals surface area contributed by atoms with Crippen molar-refractivity contribution in [3.05, 3.63) is 109 Å². The van der Waals surface area contributed by atoms with Gasteiger partial charge in [-0.2, -0.15) is 0 Å². The van der Waals surface area contributed by atoms with E-state index >= 15 is 0 Å². The summed E-state index contributed by atoms with van der Waals surface area (Å²) in [6.07, 6.45) is 94.2. The van der Waals surface area contributed by atoms with E-state index in [1.165, 1.54) is 193 Å². The van der Waals surface area contributed by atoms with Gasteiger partial charge >= 0.3 is 17.9 Å². The Balaban J connectivity index is 4.31. The van der Waals surface area contributed by atoms with E-state index in [0.29, 0.717) is 19.3 Å². The van der Waals surface area contributed by atoms with Gasteiger partial charge in [0.25, 0.3) is 0 Å². The third-order valence-corrected chi connectivity index (χ3v) is 14.8. The lowest BCUT2D eigenvalue weighted by Crippen LogP contribution is -2.30. The van der Waals surface area contributed by atoms with Crippen molar-refractivity contribution in [1.29, 1.82) is 0 Å². The second-order valence-corrected chi connectivity index (χ2v) is 22.7. The molecule has 0 spiro atoms. The van der Waals surface area contributed by atoms with Crippen LogP contribution in [0.2, 0.25) is 0 Å². The molecule has 0 aromatic carbocycles. The summed E-state index contributed by atoms with van der Waals surface area (Å²) >= 11 is 0. The number of esters is 3. The molecule has 0 bridgehead atoms. The molecule has 0 amide bonds. The highest BCUT2D eigenvalue weighted by atomic mass is 16.6. The second kappa shape index (κ2) is 68.6. The van der Waals surface area contributed by atoms with Crippen LogP contribution in [0.4, 0.5) is 0 Å². The number of rotatable bonds is 62. The fraction of sp³-hybridized carbons (Fsp3) is 0.720. The molecule has 0 N–H and O–H groups in total. The van der Waals surface area contributed by atoms with Gasteiger partial charge in [0.05, 0.1) is 0 Å². The Bertz CT molecular complexity index is 1620. The number of hydrogen-bond donors (Lipinski definition) is 0. The Morgan fingerprint density at radius 3 is 0.840 bits per heavy atom. The number of ether oxygens (including phenoxy) is 3. The van der Waals surface area contributed by atoms with E-state index in [9.17, 15) is 14.4 Å². The van der Waals surface area contributed by atoms with E-state index in [0.717, 1.165) is 89.9 Å². The second-order valence-electron chi connectivity index (χ2n) is 22.7. The quantitative estimate of drug-likeness (QED) is 0.0261. The van der Waals surface area contributed by atoms with Gasteiger partial charge in [0.2, 0.25) is 0 Å². The van der Waals surface area contributed by atoms with Crippen LogP contribution in [0.1, 0.15) is 329 Å². The molecule has 0 saturated heterocycles. The zero-order valence-electron chi connectivity index (χ0n) is 53.3. The largest absolute Gasteiger partial charge is 0.462 e. The molecule has 0 aliphatic heterocycles. The summed E-state index contributed by atoms with van der Waals surface area (Å²) < 4.78 is 16.9. The summed E-state index contributed by atoms with van der Waals surface area (Å²) in [6, 6.07) is 0. The molecule has 464 valence electrons. The van der Waals surface area contributed by atoms with Crippen molar-refractivity contribution < 1.29 is 28.6 Å². The van der Waals surface area contributed by atoms with Crippen molar-refractivity contribution in [2.75, 3.05) is 13.2 Å². The third-order valence-electron chi connectivity index (χ3n) is 14.8. The van der Waals surface area contributed by atoms with Crippen molar-refractivity contribution in [3.63, 3.8) is 0 Å². The molecule has 6 heteroatoms.